The van der Waals surface area contributed by atoms with E-state index >= 15 is 0 Å². The molecule has 1 amide bonds. The van der Waals surface area contributed by atoms with Crippen molar-refractivity contribution in [2.24, 2.45) is 0 Å². The number of aryl methyl sites for hydroxylation is 1. The minimum atomic E-state index is -1.10. The molecule has 9 nitrogen and oxygen atoms in total. The van der Waals surface area contributed by atoms with Gasteiger partial charge in [-0.25, -0.2) is 9.59 Å². The Labute approximate surface area is 158 Å². The third-order valence-electron chi connectivity index (χ3n) is 3.65. The van der Waals surface area contributed by atoms with E-state index in [2.05, 4.69) is 10.4 Å². The number of ether oxygens (including phenoxy) is 1. The molecule has 0 radical (unpaired) electrons. The number of rotatable bonds is 8. The predicted molar refractivity (Wildman–Crippen MR) is 97.5 cm³/mol. The van der Waals surface area contributed by atoms with Gasteiger partial charge in [0.1, 0.15) is 5.00 Å². The highest BCUT2D eigenvalue weighted by Gasteiger charge is 2.25. The molecule has 0 aliphatic rings. The van der Waals surface area contributed by atoms with Crippen LogP contribution >= 0.6 is 11.3 Å². The summed E-state index contributed by atoms with van der Waals surface area (Å²) in [5.41, 5.74) is 0.673. The molecule has 0 spiro atoms. The molecule has 2 heterocycles. The smallest absolute Gasteiger partial charge is 0.341 e. The number of hydrogen-bond donors (Lipinski definition) is 2. The Morgan fingerprint density at radius 1 is 1.33 bits per heavy atom. The summed E-state index contributed by atoms with van der Waals surface area (Å²) in [4.78, 5) is 47.4. The fourth-order valence-corrected chi connectivity index (χ4v) is 3.49. The lowest BCUT2D eigenvalue weighted by Crippen LogP contribution is -2.16. The van der Waals surface area contributed by atoms with Gasteiger partial charge in [0.15, 0.2) is 5.78 Å². The van der Waals surface area contributed by atoms with Gasteiger partial charge in [0.05, 0.1) is 28.8 Å². The van der Waals surface area contributed by atoms with Gasteiger partial charge in [-0.2, -0.15) is 5.10 Å². The Morgan fingerprint density at radius 3 is 2.59 bits per heavy atom. The van der Waals surface area contributed by atoms with Crippen molar-refractivity contribution in [3.8, 4) is 0 Å². The first kappa shape index (κ1) is 20.3. The van der Waals surface area contributed by atoms with E-state index in [4.69, 9.17) is 9.84 Å². The largest absolute Gasteiger partial charge is 0.478 e. The Morgan fingerprint density at radius 2 is 2.04 bits per heavy atom. The lowest BCUT2D eigenvalue weighted by atomic mass is 10.1. The topological polar surface area (TPSA) is 128 Å². The van der Waals surface area contributed by atoms with Crippen molar-refractivity contribution < 1.29 is 29.0 Å². The van der Waals surface area contributed by atoms with Crippen molar-refractivity contribution in [3.63, 3.8) is 0 Å². The van der Waals surface area contributed by atoms with Crippen molar-refractivity contribution in [3.05, 3.63) is 34.0 Å². The fourth-order valence-electron chi connectivity index (χ4n) is 2.39. The van der Waals surface area contributed by atoms with Gasteiger partial charge in [0, 0.05) is 19.2 Å². The maximum atomic E-state index is 12.3. The second-order valence-corrected chi connectivity index (χ2v) is 6.65. The summed E-state index contributed by atoms with van der Waals surface area (Å²) in [5.74, 6) is -2.31. The summed E-state index contributed by atoms with van der Waals surface area (Å²) in [6, 6.07) is 0. The standard InChI is InChI=1S/C17H19N3O6S/c1-4-26-17(25)13-9(2)14(10(3)21)27-15(13)19-12(22)5-6-20-8-11(7-18-20)16(23)24/h7-8H,4-6H2,1-3H3,(H,19,22)(H,23,24). The van der Waals surface area contributed by atoms with E-state index in [0.717, 1.165) is 11.3 Å². The normalized spacial score (nSPS) is 10.5. The zero-order valence-electron chi connectivity index (χ0n) is 15.1. The van der Waals surface area contributed by atoms with Crippen molar-refractivity contribution >= 4 is 40.0 Å². The fraction of sp³-hybridized carbons (Fsp3) is 0.353. The number of esters is 1. The first-order valence-electron chi connectivity index (χ1n) is 8.11. The summed E-state index contributed by atoms with van der Waals surface area (Å²) in [7, 11) is 0. The molecule has 0 unspecified atom stereocenters. The van der Waals surface area contributed by atoms with Crippen LogP contribution in [0, 0.1) is 6.92 Å². The molecular weight excluding hydrogens is 374 g/mol. The molecule has 2 rings (SSSR count). The number of hydrogen-bond acceptors (Lipinski definition) is 7. The Bertz CT molecular complexity index is 899. The zero-order valence-corrected chi connectivity index (χ0v) is 15.9. The Hall–Kier alpha value is -3.01. The summed E-state index contributed by atoms with van der Waals surface area (Å²) in [6.07, 6.45) is 2.53. The molecule has 0 aliphatic heterocycles. The first-order chi connectivity index (χ1) is 12.7. The second kappa shape index (κ2) is 8.58. The third-order valence-corrected chi connectivity index (χ3v) is 4.96. The van der Waals surface area contributed by atoms with Gasteiger partial charge in [-0.05, 0) is 26.3 Å². The molecule has 0 bridgehead atoms. The van der Waals surface area contributed by atoms with Gasteiger partial charge in [0.25, 0.3) is 0 Å². The molecule has 0 saturated carbocycles. The molecule has 2 aromatic heterocycles. The molecule has 0 aliphatic carbocycles. The predicted octanol–water partition coefficient (Wildman–Crippen LogP) is 2.36. The van der Waals surface area contributed by atoms with Gasteiger partial charge >= 0.3 is 11.9 Å². The Balaban J connectivity index is 2.13. The van der Waals surface area contributed by atoms with Gasteiger partial charge in [-0.1, -0.05) is 0 Å². The molecule has 0 aromatic carbocycles. The second-order valence-electron chi connectivity index (χ2n) is 5.63. The SMILES string of the molecule is CCOC(=O)c1c(NC(=O)CCn2cc(C(=O)O)cn2)sc(C(C)=O)c1C. The minimum Gasteiger partial charge on any atom is -0.478 e. The van der Waals surface area contributed by atoms with Crippen molar-refractivity contribution in [1.82, 2.24) is 9.78 Å². The summed E-state index contributed by atoms with van der Waals surface area (Å²) >= 11 is 1.02. The van der Waals surface area contributed by atoms with Crippen LogP contribution in [0.1, 0.15) is 56.2 Å². The van der Waals surface area contributed by atoms with Crippen LogP contribution in [0.25, 0.3) is 0 Å². The molecule has 0 atom stereocenters. The molecule has 0 saturated heterocycles. The van der Waals surface area contributed by atoms with Gasteiger partial charge in [0.2, 0.25) is 5.91 Å². The number of nitrogens with zero attached hydrogens (tertiary/aromatic N) is 2. The van der Waals surface area contributed by atoms with Crippen LogP contribution in [0.15, 0.2) is 12.4 Å². The van der Waals surface area contributed by atoms with E-state index in [1.54, 1.807) is 13.8 Å². The van der Waals surface area contributed by atoms with Gasteiger partial charge < -0.3 is 15.2 Å². The number of nitrogens with one attached hydrogen (secondary N) is 1. The highest BCUT2D eigenvalue weighted by molar-refractivity contribution is 7.18. The highest BCUT2D eigenvalue weighted by atomic mass is 32.1. The van der Waals surface area contributed by atoms with E-state index in [1.165, 1.54) is 24.0 Å². The minimum absolute atomic E-state index is 0.00928. The number of amides is 1. The number of carboxylic acids is 1. The number of thiophene rings is 1. The molecule has 27 heavy (non-hydrogen) atoms. The first-order valence-corrected chi connectivity index (χ1v) is 8.93. The Kier molecular flexibility index (Phi) is 6.45. The number of ketones is 1. The number of carbonyl (C=O) groups is 4. The van der Waals surface area contributed by atoms with Gasteiger partial charge in [-0.15, -0.1) is 11.3 Å². The third kappa shape index (κ3) is 4.79. The summed E-state index contributed by atoms with van der Waals surface area (Å²) in [6.45, 7) is 5.02. The van der Waals surface area contributed by atoms with Crippen LogP contribution in [-0.4, -0.2) is 45.1 Å². The average molecular weight is 393 g/mol. The number of carboxylic acid groups (broad SMARTS) is 1. The lowest BCUT2D eigenvalue weighted by molar-refractivity contribution is -0.116. The zero-order chi connectivity index (χ0) is 20.1. The van der Waals surface area contributed by atoms with Crippen molar-refractivity contribution in [2.75, 3.05) is 11.9 Å². The number of aromatic nitrogens is 2. The maximum Gasteiger partial charge on any atom is 0.341 e. The quantitative estimate of drug-likeness (QED) is 0.520. The lowest BCUT2D eigenvalue weighted by Gasteiger charge is -2.07. The van der Waals surface area contributed by atoms with E-state index < -0.39 is 17.8 Å². The molecule has 2 N–H and O–H groups in total. The molecule has 144 valence electrons. The summed E-state index contributed by atoms with van der Waals surface area (Å²) < 4.78 is 6.36. The average Bonchev–Trinajstić information content (AvgIpc) is 3.18. The number of aromatic carboxylic acids is 1. The maximum absolute atomic E-state index is 12.3. The van der Waals surface area contributed by atoms with Crippen LogP contribution in [0.5, 0.6) is 0 Å². The molecule has 10 heteroatoms. The van der Waals surface area contributed by atoms with Crippen LogP contribution in [0.4, 0.5) is 5.00 Å². The number of carbonyl (C=O) groups excluding carboxylic acids is 3. The number of anilines is 1. The number of Topliss-reactive ketones (excluding diaryl/α,β-unsaturated/α-hetero) is 1. The molecular formula is C17H19N3O6S. The van der Waals surface area contributed by atoms with Crippen LogP contribution < -0.4 is 5.32 Å². The monoisotopic (exact) mass is 393 g/mol. The molecule has 0 fully saturated rings. The summed E-state index contributed by atoms with van der Waals surface area (Å²) in [5, 5.41) is 15.6. The van der Waals surface area contributed by atoms with Crippen LogP contribution in [0.2, 0.25) is 0 Å². The highest BCUT2D eigenvalue weighted by Crippen LogP contribution is 2.34. The van der Waals surface area contributed by atoms with E-state index in [-0.39, 0.29) is 41.5 Å². The van der Waals surface area contributed by atoms with Gasteiger partial charge in [-0.3, -0.25) is 14.3 Å². The van der Waals surface area contributed by atoms with E-state index in [1.807, 2.05) is 0 Å². The van der Waals surface area contributed by atoms with Crippen LogP contribution in [-0.2, 0) is 16.1 Å². The van der Waals surface area contributed by atoms with Crippen molar-refractivity contribution in [1.29, 1.82) is 0 Å². The van der Waals surface area contributed by atoms with Crippen molar-refractivity contribution in [2.45, 2.75) is 33.7 Å². The van der Waals surface area contributed by atoms with E-state index in [9.17, 15) is 19.2 Å². The van der Waals surface area contributed by atoms with E-state index in [0.29, 0.717) is 10.4 Å². The molecule has 2 aromatic rings. The van der Waals surface area contributed by atoms with Crippen LogP contribution in [0.3, 0.4) is 0 Å².